The molecular formula is C25H31ClN4O. The Kier molecular flexibility index (Phi) is 6.15. The molecule has 31 heavy (non-hydrogen) atoms. The number of nitrogens with zero attached hydrogens (tertiary/aromatic N) is 4. The van der Waals surface area contributed by atoms with Gasteiger partial charge in [0.05, 0.1) is 0 Å². The summed E-state index contributed by atoms with van der Waals surface area (Å²) in [5.41, 5.74) is 1.14. The van der Waals surface area contributed by atoms with E-state index in [0.717, 1.165) is 75.1 Å². The number of benzene rings is 1. The maximum absolute atomic E-state index is 13.1. The van der Waals surface area contributed by atoms with Crippen molar-refractivity contribution in [2.45, 2.75) is 25.2 Å². The van der Waals surface area contributed by atoms with Crippen LogP contribution in [0.3, 0.4) is 0 Å². The summed E-state index contributed by atoms with van der Waals surface area (Å²) in [4.78, 5) is 24.7. The Morgan fingerprint density at radius 1 is 1.03 bits per heavy atom. The number of likely N-dealkylation sites (tertiary alicyclic amines) is 1. The van der Waals surface area contributed by atoms with Gasteiger partial charge in [-0.05, 0) is 54.9 Å². The van der Waals surface area contributed by atoms with E-state index in [0.29, 0.717) is 17.7 Å². The maximum Gasteiger partial charge on any atom is 0.226 e. The molecule has 5 nitrogen and oxygen atoms in total. The lowest BCUT2D eigenvalue weighted by atomic mass is 9.96. The molecular weight excluding hydrogens is 408 g/mol. The molecule has 2 aromatic rings. The molecule has 2 saturated heterocycles. The molecule has 1 aromatic carbocycles. The zero-order valence-electron chi connectivity index (χ0n) is 18.0. The molecule has 1 aliphatic carbocycles. The summed E-state index contributed by atoms with van der Waals surface area (Å²) >= 11 is 6.36. The molecule has 0 N–H and O–H groups in total. The molecule has 6 heteroatoms. The number of piperidine rings is 1. The third-order valence-electron chi connectivity index (χ3n) is 7.10. The fourth-order valence-electron chi connectivity index (χ4n) is 5.30. The van der Waals surface area contributed by atoms with E-state index in [4.69, 9.17) is 11.6 Å². The molecule has 0 spiro atoms. The Balaban J connectivity index is 1.11. The van der Waals surface area contributed by atoms with Crippen LogP contribution in [0.4, 0.5) is 5.82 Å². The van der Waals surface area contributed by atoms with Crippen molar-refractivity contribution in [3.8, 4) is 0 Å². The largest absolute Gasteiger partial charge is 0.354 e. The lowest BCUT2D eigenvalue weighted by Gasteiger charge is -2.39. The molecule has 3 fully saturated rings. The van der Waals surface area contributed by atoms with Crippen LogP contribution in [0.5, 0.6) is 0 Å². The molecule has 3 atom stereocenters. The van der Waals surface area contributed by atoms with Crippen molar-refractivity contribution in [1.82, 2.24) is 14.8 Å². The summed E-state index contributed by atoms with van der Waals surface area (Å²) < 4.78 is 0. The van der Waals surface area contributed by atoms with E-state index in [-0.39, 0.29) is 5.92 Å². The minimum Gasteiger partial charge on any atom is -0.354 e. The van der Waals surface area contributed by atoms with Crippen molar-refractivity contribution in [3.63, 3.8) is 0 Å². The van der Waals surface area contributed by atoms with Crippen LogP contribution >= 0.6 is 11.6 Å². The maximum atomic E-state index is 13.1. The van der Waals surface area contributed by atoms with E-state index in [1.807, 2.05) is 30.5 Å². The lowest BCUT2D eigenvalue weighted by Crippen LogP contribution is -2.50. The summed E-state index contributed by atoms with van der Waals surface area (Å²) in [7, 11) is 0. The molecule has 1 amide bonds. The number of pyridine rings is 1. The Bertz CT molecular complexity index is 899. The number of piperazine rings is 1. The van der Waals surface area contributed by atoms with Crippen LogP contribution in [0.2, 0.25) is 5.02 Å². The molecule has 3 heterocycles. The number of rotatable bonds is 5. The van der Waals surface area contributed by atoms with Crippen molar-refractivity contribution in [2.75, 3.05) is 50.7 Å². The Labute approximate surface area is 190 Å². The van der Waals surface area contributed by atoms with Crippen LogP contribution in [-0.2, 0) is 4.79 Å². The minimum atomic E-state index is 0.126. The van der Waals surface area contributed by atoms with Crippen LogP contribution in [0.1, 0.15) is 30.7 Å². The van der Waals surface area contributed by atoms with Gasteiger partial charge < -0.3 is 9.80 Å². The van der Waals surface area contributed by atoms with Gasteiger partial charge in [-0.3, -0.25) is 9.69 Å². The molecule has 1 saturated carbocycles. The van der Waals surface area contributed by atoms with Gasteiger partial charge in [0.15, 0.2) is 0 Å². The molecule has 3 aliphatic rings. The number of amides is 1. The second-order valence-electron chi connectivity index (χ2n) is 9.24. The second-order valence-corrected chi connectivity index (χ2v) is 9.65. The van der Waals surface area contributed by atoms with E-state index < -0.39 is 0 Å². The molecule has 1 aromatic heterocycles. The number of anilines is 1. The van der Waals surface area contributed by atoms with E-state index >= 15 is 0 Å². The molecule has 5 rings (SSSR count). The second kappa shape index (κ2) is 9.17. The zero-order valence-corrected chi connectivity index (χ0v) is 18.8. The van der Waals surface area contributed by atoms with Gasteiger partial charge in [0.1, 0.15) is 5.82 Å². The molecule has 164 valence electrons. The first-order valence-electron chi connectivity index (χ1n) is 11.6. The fourth-order valence-corrected chi connectivity index (χ4v) is 5.58. The van der Waals surface area contributed by atoms with Crippen molar-refractivity contribution >= 4 is 23.3 Å². The molecule has 0 bridgehead atoms. The predicted octanol–water partition coefficient (Wildman–Crippen LogP) is 3.90. The van der Waals surface area contributed by atoms with Gasteiger partial charge in [0, 0.05) is 63.0 Å². The van der Waals surface area contributed by atoms with E-state index in [2.05, 4.69) is 37.9 Å². The Morgan fingerprint density at radius 3 is 2.61 bits per heavy atom. The monoisotopic (exact) mass is 438 g/mol. The van der Waals surface area contributed by atoms with Gasteiger partial charge in [-0.2, -0.15) is 0 Å². The number of carbonyl (C=O) groups excluding carboxylic acids is 1. The number of hydrogen-bond acceptors (Lipinski definition) is 4. The van der Waals surface area contributed by atoms with Crippen molar-refractivity contribution in [2.24, 2.45) is 11.8 Å². The molecule has 3 unspecified atom stereocenters. The van der Waals surface area contributed by atoms with Gasteiger partial charge in [-0.15, -0.1) is 0 Å². The average Bonchev–Trinajstić information content (AvgIpc) is 3.61. The Morgan fingerprint density at radius 2 is 1.84 bits per heavy atom. The summed E-state index contributed by atoms with van der Waals surface area (Å²) in [5.74, 6) is 2.43. The normalized spacial score (nSPS) is 26.7. The fraction of sp³-hybridized carbons (Fsp3) is 0.520. The van der Waals surface area contributed by atoms with Crippen LogP contribution in [0.15, 0.2) is 48.7 Å². The number of hydrogen-bond donors (Lipinski definition) is 0. The first-order chi connectivity index (χ1) is 15.2. The minimum absolute atomic E-state index is 0.126. The van der Waals surface area contributed by atoms with Gasteiger partial charge in [0.2, 0.25) is 5.91 Å². The third kappa shape index (κ3) is 4.73. The van der Waals surface area contributed by atoms with Crippen LogP contribution < -0.4 is 4.90 Å². The topological polar surface area (TPSA) is 39.7 Å². The van der Waals surface area contributed by atoms with Gasteiger partial charge in [0.25, 0.3) is 0 Å². The first kappa shape index (κ1) is 20.8. The van der Waals surface area contributed by atoms with Crippen molar-refractivity contribution in [1.29, 1.82) is 0 Å². The zero-order chi connectivity index (χ0) is 21.2. The number of aromatic nitrogens is 1. The summed E-state index contributed by atoms with van der Waals surface area (Å²) in [6.07, 6.45) is 5.15. The summed E-state index contributed by atoms with van der Waals surface area (Å²) in [6, 6.07) is 14.1. The van der Waals surface area contributed by atoms with Gasteiger partial charge >= 0.3 is 0 Å². The quantitative estimate of drug-likeness (QED) is 0.709. The lowest BCUT2D eigenvalue weighted by molar-refractivity contribution is -0.134. The van der Waals surface area contributed by atoms with E-state index in [1.54, 1.807) is 0 Å². The highest BCUT2D eigenvalue weighted by Crippen LogP contribution is 2.50. The smallest absolute Gasteiger partial charge is 0.226 e. The SMILES string of the molecule is O=C(C1CC1c1ccccc1Cl)N1CCCC(CN2CCN(c3ccccn3)CC2)C1. The first-order valence-corrected chi connectivity index (χ1v) is 12.0. The predicted molar refractivity (Wildman–Crippen MR) is 124 cm³/mol. The van der Waals surface area contributed by atoms with Crippen molar-refractivity contribution in [3.05, 3.63) is 59.2 Å². The highest BCUT2D eigenvalue weighted by molar-refractivity contribution is 6.31. The molecule has 0 radical (unpaired) electrons. The standard InChI is InChI=1S/C25H31ClN4O/c26-23-8-2-1-7-20(23)21-16-22(21)25(31)30-11-5-6-19(18-30)17-28-12-14-29(15-13-28)24-9-3-4-10-27-24/h1-4,7-10,19,21-22H,5-6,11-18H2. The Hall–Kier alpha value is -2.11. The number of halogens is 1. The van der Waals surface area contributed by atoms with Gasteiger partial charge in [-0.1, -0.05) is 35.9 Å². The third-order valence-corrected chi connectivity index (χ3v) is 7.45. The van der Waals surface area contributed by atoms with Crippen LogP contribution in [0, 0.1) is 11.8 Å². The van der Waals surface area contributed by atoms with Crippen LogP contribution in [-0.4, -0.2) is 66.5 Å². The van der Waals surface area contributed by atoms with E-state index in [1.165, 1.54) is 6.42 Å². The summed E-state index contributed by atoms with van der Waals surface area (Å²) in [5, 5.41) is 0.796. The van der Waals surface area contributed by atoms with E-state index in [9.17, 15) is 4.79 Å². The average molecular weight is 439 g/mol. The van der Waals surface area contributed by atoms with Crippen LogP contribution in [0.25, 0.3) is 0 Å². The highest BCUT2D eigenvalue weighted by atomic mass is 35.5. The number of carbonyl (C=O) groups is 1. The van der Waals surface area contributed by atoms with Gasteiger partial charge in [-0.25, -0.2) is 4.98 Å². The van der Waals surface area contributed by atoms with Crippen molar-refractivity contribution < 1.29 is 4.79 Å². The summed E-state index contributed by atoms with van der Waals surface area (Å²) in [6.45, 7) is 7.09. The highest BCUT2D eigenvalue weighted by Gasteiger charge is 2.47. The molecule has 2 aliphatic heterocycles.